The van der Waals surface area contributed by atoms with Crippen molar-refractivity contribution in [1.29, 1.82) is 0 Å². The van der Waals surface area contributed by atoms with Crippen LogP contribution in [0, 0.1) is 0 Å². The van der Waals surface area contributed by atoms with E-state index in [0.717, 1.165) is 22.3 Å². The lowest BCUT2D eigenvalue weighted by atomic mass is 10.0. The number of hydrazone groups is 1. The molecule has 0 fully saturated rings. The molecule has 0 saturated heterocycles. The summed E-state index contributed by atoms with van der Waals surface area (Å²) in [5, 5.41) is 10.5. The van der Waals surface area contributed by atoms with Crippen LogP contribution in [0.1, 0.15) is 24.4 Å². The van der Waals surface area contributed by atoms with Gasteiger partial charge in [-0.15, -0.1) is 0 Å². The van der Waals surface area contributed by atoms with Crippen molar-refractivity contribution in [2.45, 2.75) is 18.9 Å². The number of aromatic nitrogens is 1. The van der Waals surface area contributed by atoms with Crippen LogP contribution in [0.5, 0.6) is 0 Å². The van der Waals surface area contributed by atoms with Gasteiger partial charge in [0.1, 0.15) is 12.3 Å². The van der Waals surface area contributed by atoms with Gasteiger partial charge in [-0.05, 0) is 41.3 Å². The van der Waals surface area contributed by atoms with Gasteiger partial charge >= 0.3 is 0 Å². The summed E-state index contributed by atoms with van der Waals surface area (Å²) in [5.41, 5.74) is 2.54. The first-order valence-electron chi connectivity index (χ1n) is 10.6. The highest BCUT2D eigenvalue weighted by Gasteiger charge is 2.34. The molecule has 0 aliphatic carbocycles. The second-order valence-electron chi connectivity index (χ2n) is 7.86. The number of halogens is 1. The fourth-order valence-corrected chi connectivity index (χ4v) is 4.29. The lowest BCUT2D eigenvalue weighted by Crippen LogP contribution is -2.30. The molecule has 0 saturated carbocycles. The topological polar surface area (TPSA) is 66.7 Å². The largest absolute Gasteiger partial charge is 0.326 e. The number of fused-ring (bicyclic) bond motifs is 1. The van der Waals surface area contributed by atoms with Gasteiger partial charge in [0.05, 0.1) is 11.6 Å². The van der Waals surface area contributed by atoms with Crippen molar-refractivity contribution in [3.8, 4) is 0 Å². The Balaban J connectivity index is 1.41. The zero-order chi connectivity index (χ0) is 22.8. The van der Waals surface area contributed by atoms with Gasteiger partial charge in [0.15, 0.2) is 0 Å². The first-order valence-corrected chi connectivity index (χ1v) is 11.0. The molecule has 1 N–H and O–H groups in total. The highest BCUT2D eigenvalue weighted by Crippen LogP contribution is 2.33. The predicted molar refractivity (Wildman–Crippen MR) is 130 cm³/mol. The minimum absolute atomic E-state index is 0.283. The molecule has 164 valence electrons. The molecule has 33 heavy (non-hydrogen) atoms. The number of para-hydroxylation sites is 1. The number of carbonyl (C=O) groups is 2. The van der Waals surface area contributed by atoms with Crippen LogP contribution in [0.3, 0.4) is 0 Å². The van der Waals surface area contributed by atoms with E-state index in [2.05, 4.69) is 10.4 Å². The molecule has 0 bridgehead atoms. The number of rotatable bonds is 4. The average molecular weight is 457 g/mol. The molecule has 7 heteroatoms. The Bertz CT molecular complexity index is 1360. The zero-order valence-electron chi connectivity index (χ0n) is 17.7. The molecule has 0 radical (unpaired) electrons. The van der Waals surface area contributed by atoms with Gasteiger partial charge in [-0.25, -0.2) is 5.01 Å². The first kappa shape index (κ1) is 21.0. The van der Waals surface area contributed by atoms with Crippen molar-refractivity contribution in [1.82, 2.24) is 9.58 Å². The number of anilines is 1. The maximum atomic E-state index is 13.2. The minimum atomic E-state index is -0.413. The van der Waals surface area contributed by atoms with E-state index in [1.807, 2.05) is 71.4 Å². The molecule has 1 aliphatic rings. The van der Waals surface area contributed by atoms with E-state index < -0.39 is 5.91 Å². The summed E-state index contributed by atoms with van der Waals surface area (Å²) < 4.78 is 2.00. The van der Waals surface area contributed by atoms with Crippen LogP contribution >= 0.6 is 11.6 Å². The molecular formula is C26H21ClN4O2. The normalized spacial score (nSPS) is 15.5. The third-order valence-electron chi connectivity index (χ3n) is 5.63. The second-order valence-corrected chi connectivity index (χ2v) is 8.30. The Labute approximate surface area is 196 Å². The predicted octanol–water partition coefficient (Wildman–Crippen LogP) is 5.46. The first-order chi connectivity index (χ1) is 16.1. The number of nitrogens with zero attached hydrogens (tertiary/aromatic N) is 3. The van der Waals surface area contributed by atoms with Gasteiger partial charge in [-0.2, -0.15) is 5.10 Å². The van der Waals surface area contributed by atoms with Crippen LogP contribution in [0.15, 0.2) is 96.2 Å². The van der Waals surface area contributed by atoms with Gasteiger partial charge in [0.2, 0.25) is 5.91 Å². The van der Waals surface area contributed by atoms with Crippen LogP contribution in [0.2, 0.25) is 5.02 Å². The number of hydrogen-bond acceptors (Lipinski definition) is 3. The van der Waals surface area contributed by atoms with Crippen molar-refractivity contribution in [2.75, 3.05) is 5.32 Å². The van der Waals surface area contributed by atoms with Crippen LogP contribution in [0.4, 0.5) is 5.69 Å². The van der Waals surface area contributed by atoms with Crippen molar-refractivity contribution < 1.29 is 9.59 Å². The summed E-state index contributed by atoms with van der Waals surface area (Å²) in [6.07, 6.45) is 2.19. The molecule has 1 aromatic heterocycles. The summed E-state index contributed by atoms with van der Waals surface area (Å²) >= 11 is 5.98. The van der Waals surface area contributed by atoms with Gasteiger partial charge in [0, 0.05) is 23.3 Å². The van der Waals surface area contributed by atoms with Crippen LogP contribution in [-0.2, 0) is 9.59 Å². The third-order valence-corrected chi connectivity index (χ3v) is 5.87. The van der Waals surface area contributed by atoms with Crippen LogP contribution in [-0.4, -0.2) is 27.2 Å². The molecule has 4 aromatic rings. The summed E-state index contributed by atoms with van der Waals surface area (Å²) in [4.78, 5) is 25.8. The third kappa shape index (κ3) is 4.38. The van der Waals surface area contributed by atoms with E-state index in [1.165, 1.54) is 5.01 Å². The fraction of sp³-hybridized carbons (Fsp3) is 0.115. The van der Waals surface area contributed by atoms with E-state index in [9.17, 15) is 9.59 Å². The zero-order valence-corrected chi connectivity index (χ0v) is 18.4. The SMILES string of the molecule is O=C(CC(=O)N1N=C(n2ccc3ccccc32)C[C@H]1c1ccccc1)Nc1cccc(Cl)c1. The Kier molecular flexibility index (Phi) is 5.67. The van der Waals surface area contributed by atoms with E-state index >= 15 is 0 Å². The molecule has 2 heterocycles. The Morgan fingerprint density at radius 1 is 0.970 bits per heavy atom. The van der Waals surface area contributed by atoms with Gasteiger partial charge < -0.3 is 9.88 Å². The molecule has 1 aliphatic heterocycles. The maximum absolute atomic E-state index is 13.2. The number of amides is 2. The lowest BCUT2D eigenvalue weighted by molar-refractivity contribution is -0.136. The van der Waals surface area contributed by atoms with Gasteiger partial charge in [-0.3, -0.25) is 9.59 Å². The smallest absolute Gasteiger partial charge is 0.252 e. The highest BCUT2D eigenvalue weighted by molar-refractivity contribution is 6.30. The Hall–Kier alpha value is -3.90. The number of nitrogens with one attached hydrogen (secondary N) is 1. The van der Waals surface area contributed by atoms with Gasteiger partial charge in [-0.1, -0.05) is 66.2 Å². The van der Waals surface area contributed by atoms with Crippen molar-refractivity contribution in [3.63, 3.8) is 0 Å². The molecule has 3 aromatic carbocycles. The van der Waals surface area contributed by atoms with E-state index in [4.69, 9.17) is 11.6 Å². The number of carbonyl (C=O) groups excluding carboxylic acids is 2. The van der Waals surface area contributed by atoms with E-state index in [0.29, 0.717) is 17.1 Å². The summed E-state index contributed by atoms with van der Waals surface area (Å²) in [6, 6.07) is 26.4. The molecule has 2 amide bonds. The summed E-state index contributed by atoms with van der Waals surface area (Å²) in [7, 11) is 0. The Morgan fingerprint density at radius 3 is 2.58 bits per heavy atom. The summed E-state index contributed by atoms with van der Waals surface area (Å²) in [5.74, 6) is -0.0207. The molecule has 6 nitrogen and oxygen atoms in total. The van der Waals surface area contributed by atoms with Gasteiger partial charge in [0.25, 0.3) is 5.91 Å². The standard InChI is InChI=1S/C26H21ClN4O2/c27-20-10-6-11-21(15-20)28-25(32)17-26(33)31-23(18-7-2-1-3-8-18)16-24(29-31)30-14-13-19-9-4-5-12-22(19)30/h1-15,23H,16-17H2,(H,28,32)/t23-/m0/s1. The molecule has 5 rings (SSSR count). The number of benzene rings is 3. The maximum Gasteiger partial charge on any atom is 0.252 e. The Morgan fingerprint density at radius 2 is 1.76 bits per heavy atom. The lowest BCUT2D eigenvalue weighted by Gasteiger charge is -2.21. The molecular weight excluding hydrogens is 436 g/mol. The van der Waals surface area contributed by atoms with Crippen molar-refractivity contribution in [2.24, 2.45) is 5.10 Å². The monoisotopic (exact) mass is 456 g/mol. The van der Waals surface area contributed by atoms with Crippen molar-refractivity contribution >= 4 is 45.8 Å². The van der Waals surface area contributed by atoms with E-state index in [1.54, 1.807) is 24.3 Å². The van der Waals surface area contributed by atoms with Crippen molar-refractivity contribution in [3.05, 3.63) is 102 Å². The van der Waals surface area contributed by atoms with Crippen LogP contribution < -0.4 is 5.32 Å². The highest BCUT2D eigenvalue weighted by atomic mass is 35.5. The molecule has 1 atom stereocenters. The van der Waals surface area contributed by atoms with Crippen LogP contribution in [0.25, 0.3) is 10.9 Å². The van der Waals surface area contributed by atoms with E-state index in [-0.39, 0.29) is 18.4 Å². The second kappa shape index (κ2) is 8.92. The molecule has 0 unspecified atom stereocenters. The quantitative estimate of drug-likeness (QED) is 0.414. The summed E-state index contributed by atoms with van der Waals surface area (Å²) in [6.45, 7) is 0. The molecule has 0 spiro atoms. The average Bonchev–Trinajstić information content (AvgIpc) is 3.44. The fourth-order valence-electron chi connectivity index (χ4n) is 4.10. The number of hydrogen-bond donors (Lipinski definition) is 1. The minimum Gasteiger partial charge on any atom is -0.326 e.